The van der Waals surface area contributed by atoms with Gasteiger partial charge in [-0.2, -0.15) is 0 Å². The molecule has 5 nitrogen and oxygen atoms in total. The summed E-state index contributed by atoms with van der Waals surface area (Å²) >= 11 is 0. The summed E-state index contributed by atoms with van der Waals surface area (Å²) in [6.07, 6.45) is 2.28. The van der Waals surface area contributed by atoms with E-state index in [0.29, 0.717) is 6.42 Å². The molecule has 1 amide bonds. The molecule has 0 spiro atoms. The van der Waals surface area contributed by atoms with E-state index >= 15 is 0 Å². The van der Waals surface area contributed by atoms with E-state index in [1.807, 2.05) is 24.4 Å². The molecule has 0 bridgehead atoms. The van der Waals surface area contributed by atoms with Crippen LogP contribution < -0.4 is 10.2 Å². The minimum Gasteiger partial charge on any atom is -0.378 e. The highest BCUT2D eigenvalue weighted by Gasteiger charge is 2.16. The molecule has 2 N–H and O–H groups in total. The lowest BCUT2D eigenvalue weighted by Crippen LogP contribution is -2.36. The van der Waals surface area contributed by atoms with Crippen LogP contribution in [-0.4, -0.2) is 37.2 Å². The fourth-order valence-electron chi connectivity index (χ4n) is 3.47. The summed E-state index contributed by atoms with van der Waals surface area (Å²) in [5, 5.41) is 4.19. The molecule has 1 fully saturated rings. The topological polar surface area (TPSA) is 57.4 Å². The lowest BCUT2D eigenvalue weighted by molar-refractivity contribution is -0.115. The second-order valence-corrected chi connectivity index (χ2v) is 6.70. The molecule has 4 rings (SSSR count). The Bertz CT molecular complexity index is 926. The number of aryl methyl sites for hydroxylation is 1. The van der Waals surface area contributed by atoms with Crippen molar-refractivity contribution >= 4 is 28.2 Å². The van der Waals surface area contributed by atoms with E-state index in [2.05, 4.69) is 46.4 Å². The van der Waals surface area contributed by atoms with Crippen molar-refractivity contribution in [3.8, 4) is 0 Å². The van der Waals surface area contributed by atoms with E-state index in [0.717, 1.165) is 54.1 Å². The van der Waals surface area contributed by atoms with Gasteiger partial charge in [0.1, 0.15) is 0 Å². The number of benzene rings is 2. The van der Waals surface area contributed by atoms with Crippen molar-refractivity contribution in [1.82, 2.24) is 4.98 Å². The highest BCUT2D eigenvalue weighted by molar-refractivity contribution is 5.98. The number of H-pyrrole nitrogens is 1. The number of aromatic amines is 1. The Hall–Kier alpha value is -2.79. The van der Waals surface area contributed by atoms with Crippen LogP contribution in [0.15, 0.2) is 48.7 Å². The van der Waals surface area contributed by atoms with Gasteiger partial charge < -0.3 is 19.9 Å². The van der Waals surface area contributed by atoms with Gasteiger partial charge in [-0.25, -0.2) is 0 Å². The molecule has 0 aliphatic carbocycles. The zero-order valence-corrected chi connectivity index (χ0v) is 14.9. The first kappa shape index (κ1) is 16.7. The van der Waals surface area contributed by atoms with Gasteiger partial charge >= 0.3 is 0 Å². The third kappa shape index (κ3) is 3.44. The summed E-state index contributed by atoms with van der Waals surface area (Å²) in [6, 6.07) is 14.2. The van der Waals surface area contributed by atoms with Gasteiger partial charge in [-0.15, -0.1) is 0 Å². The van der Waals surface area contributed by atoms with Gasteiger partial charge in [-0.05, 0) is 36.2 Å². The lowest BCUT2D eigenvalue weighted by atomic mass is 10.1. The number of ether oxygens (including phenoxy) is 1. The van der Waals surface area contributed by atoms with E-state index < -0.39 is 0 Å². The summed E-state index contributed by atoms with van der Waals surface area (Å²) in [5.41, 5.74) is 5.20. The van der Waals surface area contributed by atoms with E-state index in [1.54, 1.807) is 0 Å². The molecule has 1 aromatic heterocycles. The van der Waals surface area contributed by atoms with Crippen molar-refractivity contribution in [3.63, 3.8) is 0 Å². The predicted molar refractivity (Wildman–Crippen MR) is 105 cm³/mol. The molecule has 2 heterocycles. The molecule has 0 atom stereocenters. The van der Waals surface area contributed by atoms with Gasteiger partial charge in [0, 0.05) is 30.2 Å². The maximum Gasteiger partial charge on any atom is 0.228 e. The van der Waals surface area contributed by atoms with Gasteiger partial charge in [0.25, 0.3) is 0 Å². The zero-order valence-electron chi connectivity index (χ0n) is 14.9. The molecule has 5 heteroatoms. The second kappa shape index (κ2) is 7.22. The number of aromatic nitrogens is 1. The Morgan fingerprint density at radius 3 is 2.85 bits per heavy atom. The zero-order chi connectivity index (χ0) is 17.9. The normalized spacial score (nSPS) is 14.6. The van der Waals surface area contributed by atoms with Crippen LogP contribution >= 0.6 is 0 Å². The Morgan fingerprint density at radius 1 is 1.19 bits per heavy atom. The number of nitrogens with one attached hydrogen (secondary N) is 2. The number of para-hydroxylation sites is 2. The maximum absolute atomic E-state index is 12.7. The molecular formula is C21H23N3O2. The first-order chi connectivity index (χ1) is 12.7. The number of carbonyl (C=O) groups excluding carboxylic acids is 1. The molecule has 3 aromatic rings. The molecule has 2 aromatic carbocycles. The van der Waals surface area contributed by atoms with Gasteiger partial charge in [-0.3, -0.25) is 4.79 Å². The van der Waals surface area contributed by atoms with Crippen molar-refractivity contribution in [2.24, 2.45) is 0 Å². The van der Waals surface area contributed by atoms with Crippen molar-refractivity contribution in [2.45, 2.75) is 13.3 Å². The molecule has 26 heavy (non-hydrogen) atoms. The molecule has 1 saturated heterocycles. The number of anilines is 2. The van der Waals surface area contributed by atoms with Crippen LogP contribution in [0, 0.1) is 6.92 Å². The average molecular weight is 349 g/mol. The van der Waals surface area contributed by atoms with Crippen molar-refractivity contribution in [2.75, 3.05) is 36.5 Å². The number of rotatable bonds is 4. The van der Waals surface area contributed by atoms with Crippen molar-refractivity contribution in [3.05, 3.63) is 59.8 Å². The monoisotopic (exact) mass is 349 g/mol. The number of hydrogen-bond donors (Lipinski definition) is 2. The smallest absolute Gasteiger partial charge is 0.228 e. The first-order valence-corrected chi connectivity index (χ1v) is 8.99. The molecule has 0 radical (unpaired) electrons. The van der Waals surface area contributed by atoms with Crippen LogP contribution in [-0.2, 0) is 16.0 Å². The van der Waals surface area contributed by atoms with E-state index in [4.69, 9.17) is 4.74 Å². The molecule has 0 unspecified atom stereocenters. The first-order valence-electron chi connectivity index (χ1n) is 8.99. The molecular weight excluding hydrogens is 326 g/mol. The number of fused-ring (bicyclic) bond motifs is 1. The summed E-state index contributed by atoms with van der Waals surface area (Å²) in [7, 11) is 0. The Kier molecular flexibility index (Phi) is 4.63. The summed E-state index contributed by atoms with van der Waals surface area (Å²) in [5.74, 6) is -0.00724. The fourth-order valence-corrected chi connectivity index (χ4v) is 3.47. The highest BCUT2D eigenvalue weighted by Crippen LogP contribution is 2.27. The van der Waals surface area contributed by atoms with Crippen LogP contribution in [0.5, 0.6) is 0 Å². The number of carbonyl (C=O) groups is 1. The number of amides is 1. The lowest BCUT2D eigenvalue weighted by Gasteiger charge is -2.30. The Balaban J connectivity index is 1.51. The quantitative estimate of drug-likeness (QED) is 0.758. The minimum absolute atomic E-state index is 0.00724. The highest BCUT2D eigenvalue weighted by atomic mass is 16.5. The number of nitrogens with zero attached hydrogens (tertiary/aromatic N) is 1. The van der Waals surface area contributed by atoms with Crippen LogP contribution in [0.3, 0.4) is 0 Å². The summed E-state index contributed by atoms with van der Waals surface area (Å²) in [6.45, 7) is 5.19. The largest absolute Gasteiger partial charge is 0.378 e. The van der Waals surface area contributed by atoms with Crippen LogP contribution in [0.4, 0.5) is 11.4 Å². The molecule has 1 aliphatic rings. The predicted octanol–water partition coefficient (Wildman–Crippen LogP) is 3.49. The average Bonchev–Trinajstić information content (AvgIpc) is 3.04. The van der Waals surface area contributed by atoms with E-state index in [9.17, 15) is 4.79 Å². The third-order valence-corrected chi connectivity index (χ3v) is 4.80. The maximum atomic E-state index is 12.7. The van der Waals surface area contributed by atoms with E-state index in [1.165, 1.54) is 5.56 Å². The third-order valence-electron chi connectivity index (χ3n) is 4.80. The van der Waals surface area contributed by atoms with Gasteiger partial charge in [0.05, 0.1) is 31.0 Å². The molecule has 1 aliphatic heterocycles. The van der Waals surface area contributed by atoms with Crippen molar-refractivity contribution < 1.29 is 9.53 Å². The van der Waals surface area contributed by atoms with Crippen molar-refractivity contribution in [1.29, 1.82) is 0 Å². The Morgan fingerprint density at radius 2 is 2.00 bits per heavy atom. The van der Waals surface area contributed by atoms with Crippen LogP contribution in [0.25, 0.3) is 10.9 Å². The Labute approximate surface area is 153 Å². The summed E-state index contributed by atoms with van der Waals surface area (Å²) in [4.78, 5) is 18.2. The number of hydrogen-bond acceptors (Lipinski definition) is 3. The second-order valence-electron chi connectivity index (χ2n) is 6.70. The standard InChI is InChI=1S/C21H23N3O2/c1-15-6-7-17-16(14-22-19(17)12-15)13-21(25)23-18-4-2-3-5-20(18)24-8-10-26-11-9-24/h2-7,12,14,22H,8-11,13H2,1H3,(H,23,25). The fraction of sp³-hybridized carbons (Fsp3) is 0.286. The summed E-state index contributed by atoms with van der Waals surface area (Å²) < 4.78 is 5.43. The SMILES string of the molecule is Cc1ccc2c(CC(=O)Nc3ccccc3N3CCOCC3)c[nH]c2c1. The molecule has 0 saturated carbocycles. The minimum atomic E-state index is -0.00724. The molecule has 134 valence electrons. The number of morpholine rings is 1. The van der Waals surface area contributed by atoms with E-state index in [-0.39, 0.29) is 5.91 Å². The van der Waals surface area contributed by atoms with Gasteiger partial charge in [0.2, 0.25) is 5.91 Å². The van der Waals surface area contributed by atoms with Gasteiger partial charge in [-0.1, -0.05) is 24.3 Å². The van der Waals surface area contributed by atoms with Crippen LogP contribution in [0.2, 0.25) is 0 Å². The van der Waals surface area contributed by atoms with Crippen LogP contribution in [0.1, 0.15) is 11.1 Å². The van der Waals surface area contributed by atoms with Gasteiger partial charge in [0.15, 0.2) is 0 Å².